The molecule has 1 aliphatic carbocycles. The standard InChI is InChI=1S/C13H21N3/c1-11-14-9-6-12(16-11)15-10-13(2)7-4-3-5-8-13/h6,9H,3-5,7-8,10H2,1-2H3,(H,14,15,16). The number of nitrogens with one attached hydrogen (secondary N) is 1. The van der Waals surface area contributed by atoms with Gasteiger partial charge in [0.2, 0.25) is 0 Å². The molecule has 1 fully saturated rings. The van der Waals surface area contributed by atoms with E-state index in [2.05, 4.69) is 22.2 Å². The molecule has 0 amide bonds. The van der Waals surface area contributed by atoms with Gasteiger partial charge < -0.3 is 5.32 Å². The molecule has 2 rings (SSSR count). The molecular formula is C13H21N3. The van der Waals surface area contributed by atoms with Crippen molar-refractivity contribution in [3.8, 4) is 0 Å². The van der Waals surface area contributed by atoms with Gasteiger partial charge in [-0.3, -0.25) is 0 Å². The Balaban J connectivity index is 1.91. The van der Waals surface area contributed by atoms with Crippen molar-refractivity contribution in [3.63, 3.8) is 0 Å². The highest BCUT2D eigenvalue weighted by atomic mass is 15.0. The van der Waals surface area contributed by atoms with Gasteiger partial charge in [-0.1, -0.05) is 26.2 Å². The average Bonchev–Trinajstić information content (AvgIpc) is 2.28. The van der Waals surface area contributed by atoms with Gasteiger partial charge in [0.05, 0.1) is 0 Å². The molecule has 1 N–H and O–H groups in total. The van der Waals surface area contributed by atoms with Gasteiger partial charge in [-0.2, -0.15) is 0 Å². The summed E-state index contributed by atoms with van der Waals surface area (Å²) in [4.78, 5) is 8.47. The van der Waals surface area contributed by atoms with Crippen LogP contribution in [-0.4, -0.2) is 16.5 Å². The third-order valence-corrected chi connectivity index (χ3v) is 3.53. The normalized spacial score (nSPS) is 19.4. The van der Waals surface area contributed by atoms with Crippen molar-refractivity contribution >= 4 is 5.82 Å². The van der Waals surface area contributed by atoms with Crippen LogP contribution in [-0.2, 0) is 0 Å². The Hall–Kier alpha value is -1.12. The first-order chi connectivity index (χ1) is 7.68. The molecule has 0 saturated heterocycles. The van der Waals surface area contributed by atoms with E-state index in [4.69, 9.17) is 0 Å². The predicted octanol–water partition coefficient (Wildman–Crippen LogP) is 3.17. The van der Waals surface area contributed by atoms with E-state index in [1.807, 2.05) is 19.2 Å². The van der Waals surface area contributed by atoms with Gasteiger partial charge in [0.1, 0.15) is 11.6 Å². The van der Waals surface area contributed by atoms with E-state index in [1.54, 1.807) is 0 Å². The lowest BCUT2D eigenvalue weighted by molar-refractivity contribution is 0.233. The van der Waals surface area contributed by atoms with Crippen LogP contribution in [0.1, 0.15) is 44.9 Å². The molecular weight excluding hydrogens is 198 g/mol. The van der Waals surface area contributed by atoms with Gasteiger partial charge in [0.15, 0.2) is 0 Å². The minimum absolute atomic E-state index is 0.455. The highest BCUT2D eigenvalue weighted by Gasteiger charge is 2.26. The average molecular weight is 219 g/mol. The summed E-state index contributed by atoms with van der Waals surface area (Å²) < 4.78 is 0. The third kappa shape index (κ3) is 2.94. The predicted molar refractivity (Wildman–Crippen MR) is 66.5 cm³/mol. The van der Waals surface area contributed by atoms with Gasteiger partial charge in [-0.25, -0.2) is 9.97 Å². The second-order valence-electron chi connectivity index (χ2n) is 5.21. The molecule has 16 heavy (non-hydrogen) atoms. The Bertz CT molecular complexity index is 343. The van der Waals surface area contributed by atoms with Gasteiger partial charge in [-0.15, -0.1) is 0 Å². The SMILES string of the molecule is Cc1nccc(NCC2(C)CCCCC2)n1. The summed E-state index contributed by atoms with van der Waals surface area (Å²) in [6.07, 6.45) is 8.65. The fourth-order valence-electron chi connectivity index (χ4n) is 2.44. The number of hydrogen-bond acceptors (Lipinski definition) is 3. The number of nitrogens with zero attached hydrogens (tertiary/aromatic N) is 2. The van der Waals surface area contributed by atoms with E-state index in [1.165, 1.54) is 32.1 Å². The molecule has 1 heterocycles. The zero-order valence-electron chi connectivity index (χ0n) is 10.3. The van der Waals surface area contributed by atoms with Crippen LogP contribution in [0.3, 0.4) is 0 Å². The Morgan fingerprint density at radius 1 is 1.31 bits per heavy atom. The molecule has 1 aromatic rings. The van der Waals surface area contributed by atoms with E-state index >= 15 is 0 Å². The third-order valence-electron chi connectivity index (χ3n) is 3.53. The maximum absolute atomic E-state index is 4.37. The zero-order chi connectivity index (χ0) is 11.4. The van der Waals surface area contributed by atoms with Crippen molar-refractivity contribution in [1.82, 2.24) is 9.97 Å². The number of hydrogen-bond donors (Lipinski definition) is 1. The van der Waals surface area contributed by atoms with Gasteiger partial charge in [0, 0.05) is 12.7 Å². The summed E-state index contributed by atoms with van der Waals surface area (Å²) in [5, 5.41) is 3.44. The van der Waals surface area contributed by atoms with Gasteiger partial charge >= 0.3 is 0 Å². The first kappa shape index (κ1) is 11.4. The smallest absolute Gasteiger partial charge is 0.129 e. The Morgan fingerprint density at radius 2 is 2.06 bits per heavy atom. The summed E-state index contributed by atoms with van der Waals surface area (Å²) in [6.45, 7) is 5.34. The largest absolute Gasteiger partial charge is 0.369 e. The lowest BCUT2D eigenvalue weighted by Crippen LogP contribution is -2.29. The number of aryl methyl sites for hydroxylation is 1. The van der Waals surface area contributed by atoms with E-state index in [-0.39, 0.29) is 0 Å². The molecule has 3 nitrogen and oxygen atoms in total. The van der Waals surface area contributed by atoms with Crippen LogP contribution < -0.4 is 5.32 Å². The maximum Gasteiger partial charge on any atom is 0.129 e. The Labute approximate surface area is 97.7 Å². The van der Waals surface area contributed by atoms with Gasteiger partial charge in [-0.05, 0) is 31.2 Å². The van der Waals surface area contributed by atoms with Crippen molar-refractivity contribution < 1.29 is 0 Å². The first-order valence-electron chi connectivity index (χ1n) is 6.22. The lowest BCUT2D eigenvalue weighted by Gasteiger charge is -2.33. The highest BCUT2D eigenvalue weighted by Crippen LogP contribution is 2.35. The molecule has 1 saturated carbocycles. The van der Waals surface area contributed by atoms with Crippen molar-refractivity contribution in [2.75, 3.05) is 11.9 Å². The van der Waals surface area contributed by atoms with Crippen LogP contribution in [0, 0.1) is 12.3 Å². The molecule has 0 bridgehead atoms. The van der Waals surface area contributed by atoms with E-state index in [0.717, 1.165) is 18.2 Å². The molecule has 0 aromatic carbocycles. The number of aromatic nitrogens is 2. The summed E-state index contributed by atoms with van der Waals surface area (Å²) >= 11 is 0. The number of rotatable bonds is 3. The van der Waals surface area contributed by atoms with Crippen LogP contribution in [0.2, 0.25) is 0 Å². The summed E-state index contributed by atoms with van der Waals surface area (Å²) in [5.41, 5.74) is 0.455. The quantitative estimate of drug-likeness (QED) is 0.848. The van der Waals surface area contributed by atoms with E-state index in [9.17, 15) is 0 Å². The molecule has 0 spiro atoms. The van der Waals surface area contributed by atoms with Crippen LogP contribution in [0.5, 0.6) is 0 Å². The minimum atomic E-state index is 0.455. The Kier molecular flexibility index (Phi) is 3.42. The van der Waals surface area contributed by atoms with E-state index in [0.29, 0.717) is 5.41 Å². The van der Waals surface area contributed by atoms with Crippen LogP contribution in [0.4, 0.5) is 5.82 Å². The van der Waals surface area contributed by atoms with Crippen LogP contribution in [0.15, 0.2) is 12.3 Å². The monoisotopic (exact) mass is 219 g/mol. The highest BCUT2D eigenvalue weighted by molar-refractivity contribution is 5.33. The molecule has 3 heteroatoms. The summed E-state index contributed by atoms with van der Waals surface area (Å²) in [7, 11) is 0. The Morgan fingerprint density at radius 3 is 2.75 bits per heavy atom. The molecule has 0 atom stereocenters. The summed E-state index contributed by atoms with van der Waals surface area (Å²) in [5.74, 6) is 1.79. The van der Waals surface area contributed by atoms with Crippen molar-refractivity contribution in [3.05, 3.63) is 18.1 Å². The van der Waals surface area contributed by atoms with Crippen LogP contribution >= 0.6 is 0 Å². The molecule has 0 radical (unpaired) electrons. The second kappa shape index (κ2) is 4.81. The van der Waals surface area contributed by atoms with Crippen molar-refractivity contribution in [2.45, 2.75) is 46.0 Å². The summed E-state index contributed by atoms with van der Waals surface area (Å²) in [6, 6.07) is 1.94. The molecule has 0 unspecified atom stereocenters. The van der Waals surface area contributed by atoms with Crippen molar-refractivity contribution in [1.29, 1.82) is 0 Å². The van der Waals surface area contributed by atoms with Gasteiger partial charge in [0.25, 0.3) is 0 Å². The lowest BCUT2D eigenvalue weighted by atomic mass is 9.76. The minimum Gasteiger partial charge on any atom is -0.369 e. The molecule has 88 valence electrons. The second-order valence-corrected chi connectivity index (χ2v) is 5.21. The fraction of sp³-hybridized carbons (Fsp3) is 0.692. The van der Waals surface area contributed by atoms with Crippen LogP contribution in [0.25, 0.3) is 0 Å². The topological polar surface area (TPSA) is 37.8 Å². The molecule has 1 aliphatic rings. The maximum atomic E-state index is 4.37. The molecule has 1 aromatic heterocycles. The first-order valence-corrected chi connectivity index (χ1v) is 6.22. The zero-order valence-corrected chi connectivity index (χ0v) is 10.3. The fourth-order valence-corrected chi connectivity index (χ4v) is 2.44. The van der Waals surface area contributed by atoms with E-state index < -0.39 is 0 Å². The number of anilines is 1. The van der Waals surface area contributed by atoms with Crippen molar-refractivity contribution in [2.24, 2.45) is 5.41 Å². The molecule has 0 aliphatic heterocycles.